The maximum Gasteiger partial charge on any atom is 0.267 e. The van der Waals surface area contributed by atoms with Gasteiger partial charge in [0, 0.05) is 11.8 Å². The van der Waals surface area contributed by atoms with Crippen LogP contribution in [0.15, 0.2) is 42.6 Å². The number of aromatic nitrogens is 1. The molecule has 26 heavy (non-hydrogen) atoms. The number of halogens is 1. The fourth-order valence-electron chi connectivity index (χ4n) is 2.46. The highest BCUT2D eigenvalue weighted by Gasteiger charge is 2.14. The Kier molecular flexibility index (Phi) is 5.44. The van der Waals surface area contributed by atoms with E-state index in [4.69, 9.17) is 16.3 Å². The molecule has 1 amide bonds. The molecule has 5 nitrogen and oxygen atoms in total. The van der Waals surface area contributed by atoms with Gasteiger partial charge in [0.05, 0.1) is 24.0 Å². The second-order valence-corrected chi connectivity index (χ2v) is 7.22. The number of rotatable bonds is 5. The van der Waals surface area contributed by atoms with E-state index in [0.29, 0.717) is 20.7 Å². The molecule has 0 aliphatic carbocycles. The van der Waals surface area contributed by atoms with Gasteiger partial charge in [0.2, 0.25) is 0 Å². The largest absolute Gasteiger partial charge is 0.497 e. The molecule has 7 heteroatoms. The van der Waals surface area contributed by atoms with Crippen LogP contribution in [-0.4, -0.2) is 18.0 Å². The van der Waals surface area contributed by atoms with E-state index in [1.165, 1.54) is 11.3 Å². The van der Waals surface area contributed by atoms with Crippen LogP contribution in [0.5, 0.6) is 5.75 Å². The number of thiazole rings is 1. The molecule has 2 N–H and O–H groups in total. The topological polar surface area (TPSA) is 63.2 Å². The van der Waals surface area contributed by atoms with Gasteiger partial charge in [0.1, 0.15) is 10.6 Å². The Hall–Kier alpha value is -2.57. The number of anilines is 3. The lowest BCUT2D eigenvalue weighted by atomic mass is 10.2. The van der Waals surface area contributed by atoms with E-state index in [-0.39, 0.29) is 5.91 Å². The zero-order chi connectivity index (χ0) is 18.7. The third kappa shape index (κ3) is 4.15. The van der Waals surface area contributed by atoms with Crippen molar-refractivity contribution in [2.75, 3.05) is 17.7 Å². The number of amides is 1. The van der Waals surface area contributed by atoms with Crippen LogP contribution in [-0.2, 0) is 0 Å². The summed E-state index contributed by atoms with van der Waals surface area (Å²) in [6, 6.07) is 11.3. The fraction of sp³-hybridized carbons (Fsp3) is 0.158. The summed E-state index contributed by atoms with van der Waals surface area (Å²) < 4.78 is 5.27. The van der Waals surface area contributed by atoms with Gasteiger partial charge in [-0.3, -0.25) is 4.79 Å². The average Bonchev–Trinajstić information content (AvgIpc) is 3.06. The number of ether oxygens (including phenoxy) is 1. The van der Waals surface area contributed by atoms with Crippen LogP contribution in [0, 0.1) is 13.8 Å². The minimum absolute atomic E-state index is 0.242. The number of nitrogens with one attached hydrogen (secondary N) is 2. The number of para-hydroxylation sites is 1. The quantitative estimate of drug-likeness (QED) is 0.613. The summed E-state index contributed by atoms with van der Waals surface area (Å²) >= 11 is 7.43. The molecule has 3 aromatic rings. The highest BCUT2D eigenvalue weighted by Crippen LogP contribution is 2.29. The van der Waals surface area contributed by atoms with Crippen molar-refractivity contribution in [1.29, 1.82) is 0 Å². The zero-order valence-corrected chi connectivity index (χ0v) is 16.2. The SMILES string of the molecule is COc1cc(C)cc(Nc2ncc(C(=O)Nc3c(C)cccc3Cl)s2)c1. The van der Waals surface area contributed by atoms with Gasteiger partial charge in [-0.15, -0.1) is 0 Å². The number of methoxy groups -OCH3 is 1. The summed E-state index contributed by atoms with van der Waals surface area (Å²) in [7, 11) is 1.63. The average molecular weight is 388 g/mol. The molecular formula is C19H18ClN3O2S. The molecule has 0 fully saturated rings. The summed E-state index contributed by atoms with van der Waals surface area (Å²) in [5.41, 5.74) is 3.44. The Bertz CT molecular complexity index is 935. The van der Waals surface area contributed by atoms with E-state index in [0.717, 1.165) is 22.6 Å². The number of hydrogen-bond acceptors (Lipinski definition) is 5. The highest BCUT2D eigenvalue weighted by molar-refractivity contribution is 7.17. The van der Waals surface area contributed by atoms with Gasteiger partial charge in [-0.25, -0.2) is 4.98 Å². The minimum Gasteiger partial charge on any atom is -0.497 e. The number of hydrogen-bond donors (Lipinski definition) is 2. The molecule has 0 radical (unpaired) electrons. The number of nitrogens with zero attached hydrogens (tertiary/aromatic N) is 1. The third-order valence-corrected chi connectivity index (χ3v) is 4.95. The van der Waals surface area contributed by atoms with Gasteiger partial charge in [-0.05, 0) is 43.2 Å². The molecule has 0 aliphatic heterocycles. The molecule has 1 aromatic heterocycles. The number of carbonyl (C=O) groups excluding carboxylic acids is 1. The van der Waals surface area contributed by atoms with Crippen LogP contribution in [0.25, 0.3) is 0 Å². The van der Waals surface area contributed by atoms with Gasteiger partial charge in [-0.1, -0.05) is 35.1 Å². The Labute approximate surface area is 161 Å². The number of benzene rings is 2. The molecule has 0 atom stereocenters. The molecule has 0 unspecified atom stereocenters. The van der Waals surface area contributed by atoms with Gasteiger partial charge < -0.3 is 15.4 Å². The van der Waals surface area contributed by atoms with E-state index in [1.807, 2.05) is 44.2 Å². The summed E-state index contributed by atoms with van der Waals surface area (Å²) in [5, 5.41) is 7.19. The number of carbonyl (C=O) groups is 1. The van der Waals surface area contributed by atoms with E-state index in [1.54, 1.807) is 19.4 Å². The van der Waals surface area contributed by atoms with Crippen molar-refractivity contribution in [2.24, 2.45) is 0 Å². The van der Waals surface area contributed by atoms with Crippen molar-refractivity contribution in [3.05, 3.63) is 63.6 Å². The number of aryl methyl sites for hydroxylation is 2. The third-order valence-electron chi connectivity index (χ3n) is 3.73. The Morgan fingerprint density at radius 1 is 1.23 bits per heavy atom. The van der Waals surface area contributed by atoms with Crippen molar-refractivity contribution in [1.82, 2.24) is 4.98 Å². The maximum atomic E-state index is 12.5. The Balaban J connectivity index is 1.75. The van der Waals surface area contributed by atoms with Gasteiger partial charge in [-0.2, -0.15) is 0 Å². The zero-order valence-electron chi connectivity index (χ0n) is 14.6. The van der Waals surface area contributed by atoms with E-state index >= 15 is 0 Å². The van der Waals surface area contributed by atoms with Crippen LogP contribution in [0.4, 0.5) is 16.5 Å². The van der Waals surface area contributed by atoms with Crippen molar-refractivity contribution >= 4 is 45.4 Å². The summed E-state index contributed by atoms with van der Waals surface area (Å²) in [6.07, 6.45) is 1.54. The predicted molar refractivity (Wildman–Crippen MR) is 107 cm³/mol. The first-order valence-electron chi connectivity index (χ1n) is 7.91. The van der Waals surface area contributed by atoms with Crippen molar-refractivity contribution in [3.8, 4) is 5.75 Å². The highest BCUT2D eigenvalue weighted by atomic mass is 35.5. The predicted octanol–water partition coefficient (Wildman–Crippen LogP) is 5.42. The van der Waals surface area contributed by atoms with Crippen LogP contribution in [0.3, 0.4) is 0 Å². The van der Waals surface area contributed by atoms with Gasteiger partial charge in [0.25, 0.3) is 5.91 Å². The molecule has 3 rings (SSSR count). The second kappa shape index (κ2) is 7.76. The molecule has 0 saturated heterocycles. The van der Waals surface area contributed by atoms with Gasteiger partial charge >= 0.3 is 0 Å². The molecule has 0 aliphatic rings. The van der Waals surface area contributed by atoms with Crippen LogP contribution >= 0.6 is 22.9 Å². The lowest BCUT2D eigenvalue weighted by Gasteiger charge is -2.09. The van der Waals surface area contributed by atoms with E-state index < -0.39 is 0 Å². The molecule has 134 valence electrons. The normalized spacial score (nSPS) is 10.5. The maximum absolute atomic E-state index is 12.5. The fourth-order valence-corrected chi connectivity index (χ4v) is 3.46. The lowest BCUT2D eigenvalue weighted by molar-refractivity contribution is 0.103. The van der Waals surface area contributed by atoms with Crippen LogP contribution < -0.4 is 15.4 Å². The standard InChI is InChI=1S/C19H18ClN3O2S/c1-11-7-13(9-14(8-11)25-3)22-19-21-10-16(26-19)18(24)23-17-12(2)5-4-6-15(17)20/h4-10H,1-3H3,(H,21,22)(H,23,24). The monoisotopic (exact) mass is 387 g/mol. The Morgan fingerprint density at radius 3 is 2.77 bits per heavy atom. The first-order valence-corrected chi connectivity index (χ1v) is 9.10. The first-order chi connectivity index (χ1) is 12.5. The summed E-state index contributed by atoms with van der Waals surface area (Å²) in [6.45, 7) is 3.88. The van der Waals surface area contributed by atoms with E-state index in [2.05, 4.69) is 15.6 Å². The molecule has 1 heterocycles. The van der Waals surface area contributed by atoms with Gasteiger partial charge in [0.15, 0.2) is 5.13 Å². The smallest absolute Gasteiger partial charge is 0.267 e. The first kappa shape index (κ1) is 18.2. The summed E-state index contributed by atoms with van der Waals surface area (Å²) in [4.78, 5) is 17.3. The molecule has 2 aromatic carbocycles. The Morgan fingerprint density at radius 2 is 2.04 bits per heavy atom. The van der Waals surface area contributed by atoms with E-state index in [9.17, 15) is 4.79 Å². The summed E-state index contributed by atoms with van der Waals surface area (Å²) in [5.74, 6) is 0.518. The molecule has 0 saturated carbocycles. The lowest BCUT2D eigenvalue weighted by Crippen LogP contribution is -2.11. The van der Waals surface area contributed by atoms with Crippen molar-refractivity contribution in [2.45, 2.75) is 13.8 Å². The van der Waals surface area contributed by atoms with Crippen molar-refractivity contribution < 1.29 is 9.53 Å². The van der Waals surface area contributed by atoms with Crippen LogP contribution in [0.1, 0.15) is 20.8 Å². The van der Waals surface area contributed by atoms with Crippen LogP contribution in [0.2, 0.25) is 5.02 Å². The molecular weight excluding hydrogens is 370 g/mol. The molecule has 0 spiro atoms. The molecule has 0 bridgehead atoms. The second-order valence-electron chi connectivity index (χ2n) is 5.78. The van der Waals surface area contributed by atoms with Crippen molar-refractivity contribution in [3.63, 3.8) is 0 Å². The minimum atomic E-state index is -0.242.